The van der Waals surface area contributed by atoms with Crippen LogP contribution in [0.4, 0.5) is 5.69 Å². The Morgan fingerprint density at radius 1 is 1.35 bits per heavy atom. The number of halogens is 1. The van der Waals surface area contributed by atoms with E-state index in [1.807, 2.05) is 12.1 Å². The Balaban J connectivity index is 2.15. The molecule has 0 heterocycles. The van der Waals surface area contributed by atoms with E-state index in [-0.39, 0.29) is 5.91 Å². The van der Waals surface area contributed by atoms with Gasteiger partial charge < -0.3 is 10.6 Å². The molecule has 0 spiro atoms. The van der Waals surface area contributed by atoms with Crippen molar-refractivity contribution in [3.05, 3.63) is 28.8 Å². The van der Waals surface area contributed by atoms with Gasteiger partial charge in [-0.05, 0) is 31.0 Å². The molecule has 0 saturated heterocycles. The number of carbonyl (C=O) groups excluding carboxylic acids is 1. The highest BCUT2D eigenvalue weighted by molar-refractivity contribution is 6.34. The molecule has 1 aliphatic rings. The molecule has 1 saturated carbocycles. The largest absolute Gasteiger partial charge is 0.382 e. The van der Waals surface area contributed by atoms with Crippen molar-refractivity contribution in [3.8, 4) is 0 Å². The molecule has 0 aromatic heterocycles. The van der Waals surface area contributed by atoms with Crippen LogP contribution in [-0.2, 0) is 0 Å². The molecule has 1 aromatic rings. The van der Waals surface area contributed by atoms with Gasteiger partial charge in [-0.3, -0.25) is 4.79 Å². The molecule has 2 rings (SSSR count). The SMILES string of the molecule is CNC(=O)c1cc(NC2CCCC2)ccc1Cl. The summed E-state index contributed by atoms with van der Waals surface area (Å²) < 4.78 is 0. The minimum Gasteiger partial charge on any atom is -0.382 e. The van der Waals surface area contributed by atoms with E-state index < -0.39 is 0 Å². The predicted molar refractivity (Wildman–Crippen MR) is 70.7 cm³/mol. The molecule has 92 valence electrons. The molecule has 2 N–H and O–H groups in total. The van der Waals surface area contributed by atoms with Crippen LogP contribution in [0.5, 0.6) is 0 Å². The van der Waals surface area contributed by atoms with Crippen LogP contribution in [0, 0.1) is 0 Å². The minimum atomic E-state index is -0.148. The van der Waals surface area contributed by atoms with Gasteiger partial charge in [-0.1, -0.05) is 24.4 Å². The lowest BCUT2D eigenvalue weighted by atomic mass is 10.1. The first-order valence-corrected chi connectivity index (χ1v) is 6.36. The lowest BCUT2D eigenvalue weighted by Crippen LogP contribution is -2.19. The summed E-state index contributed by atoms with van der Waals surface area (Å²) in [7, 11) is 1.61. The fourth-order valence-electron chi connectivity index (χ4n) is 2.23. The molecule has 3 nitrogen and oxygen atoms in total. The van der Waals surface area contributed by atoms with Crippen LogP contribution in [0.3, 0.4) is 0 Å². The predicted octanol–water partition coefficient (Wildman–Crippen LogP) is 3.05. The topological polar surface area (TPSA) is 41.1 Å². The highest BCUT2D eigenvalue weighted by atomic mass is 35.5. The normalized spacial score (nSPS) is 15.9. The highest BCUT2D eigenvalue weighted by Crippen LogP contribution is 2.25. The van der Waals surface area contributed by atoms with Crippen molar-refractivity contribution >= 4 is 23.2 Å². The summed E-state index contributed by atoms with van der Waals surface area (Å²) in [5.41, 5.74) is 1.50. The van der Waals surface area contributed by atoms with Crippen molar-refractivity contribution in [2.75, 3.05) is 12.4 Å². The molecule has 1 fully saturated rings. The van der Waals surface area contributed by atoms with Crippen molar-refractivity contribution in [1.82, 2.24) is 5.32 Å². The van der Waals surface area contributed by atoms with E-state index in [4.69, 9.17) is 11.6 Å². The molecule has 1 aliphatic carbocycles. The Bertz CT molecular complexity index is 414. The van der Waals surface area contributed by atoms with E-state index in [0.29, 0.717) is 16.6 Å². The van der Waals surface area contributed by atoms with E-state index in [0.717, 1.165) is 5.69 Å². The maximum Gasteiger partial charge on any atom is 0.252 e. The van der Waals surface area contributed by atoms with Gasteiger partial charge in [0.1, 0.15) is 0 Å². The van der Waals surface area contributed by atoms with E-state index >= 15 is 0 Å². The third-order valence-corrected chi connectivity index (χ3v) is 3.49. The van der Waals surface area contributed by atoms with Crippen LogP contribution in [0.1, 0.15) is 36.0 Å². The van der Waals surface area contributed by atoms with Gasteiger partial charge in [0.05, 0.1) is 10.6 Å². The van der Waals surface area contributed by atoms with Gasteiger partial charge in [0.2, 0.25) is 0 Å². The maximum atomic E-state index is 11.6. The Kier molecular flexibility index (Phi) is 3.89. The Hall–Kier alpha value is -1.22. The molecular weight excluding hydrogens is 236 g/mol. The Morgan fingerprint density at radius 2 is 2.06 bits per heavy atom. The van der Waals surface area contributed by atoms with Gasteiger partial charge in [-0.2, -0.15) is 0 Å². The quantitative estimate of drug-likeness (QED) is 0.868. The fourth-order valence-corrected chi connectivity index (χ4v) is 2.43. The van der Waals surface area contributed by atoms with E-state index in [1.54, 1.807) is 13.1 Å². The zero-order valence-corrected chi connectivity index (χ0v) is 10.7. The monoisotopic (exact) mass is 252 g/mol. The molecular formula is C13H17ClN2O. The van der Waals surface area contributed by atoms with E-state index in [2.05, 4.69) is 10.6 Å². The zero-order valence-electron chi connectivity index (χ0n) is 9.92. The van der Waals surface area contributed by atoms with Gasteiger partial charge in [0, 0.05) is 18.8 Å². The molecule has 0 atom stereocenters. The number of anilines is 1. The molecule has 17 heavy (non-hydrogen) atoms. The van der Waals surface area contributed by atoms with Gasteiger partial charge in [0.15, 0.2) is 0 Å². The third kappa shape index (κ3) is 2.91. The van der Waals surface area contributed by atoms with Gasteiger partial charge in [-0.25, -0.2) is 0 Å². The number of benzene rings is 1. The Labute approximate surface area is 107 Å². The number of nitrogens with one attached hydrogen (secondary N) is 2. The third-order valence-electron chi connectivity index (χ3n) is 3.16. The standard InChI is InChI=1S/C13H17ClN2O/c1-15-13(17)11-8-10(6-7-12(11)14)16-9-4-2-3-5-9/h6-9,16H,2-5H2,1H3,(H,15,17). The first-order chi connectivity index (χ1) is 8.20. The van der Waals surface area contributed by atoms with Crippen molar-refractivity contribution in [3.63, 3.8) is 0 Å². The second-order valence-electron chi connectivity index (χ2n) is 4.40. The minimum absolute atomic E-state index is 0.148. The lowest BCUT2D eigenvalue weighted by Gasteiger charge is -2.14. The summed E-state index contributed by atoms with van der Waals surface area (Å²) in [5, 5.41) is 6.53. The van der Waals surface area contributed by atoms with Crippen LogP contribution >= 0.6 is 11.6 Å². The second kappa shape index (κ2) is 5.41. The van der Waals surface area contributed by atoms with Crippen molar-refractivity contribution < 1.29 is 4.79 Å². The molecule has 0 bridgehead atoms. The molecule has 0 unspecified atom stereocenters. The highest BCUT2D eigenvalue weighted by Gasteiger charge is 2.16. The van der Waals surface area contributed by atoms with Crippen molar-refractivity contribution in [1.29, 1.82) is 0 Å². The molecule has 0 aliphatic heterocycles. The summed E-state index contributed by atoms with van der Waals surface area (Å²) in [6.45, 7) is 0. The second-order valence-corrected chi connectivity index (χ2v) is 4.81. The summed E-state index contributed by atoms with van der Waals surface area (Å²) >= 11 is 6.00. The van der Waals surface area contributed by atoms with Crippen LogP contribution in [0.25, 0.3) is 0 Å². The van der Waals surface area contributed by atoms with Gasteiger partial charge in [-0.15, -0.1) is 0 Å². The number of carbonyl (C=O) groups is 1. The van der Waals surface area contributed by atoms with Gasteiger partial charge in [0.25, 0.3) is 5.91 Å². The lowest BCUT2D eigenvalue weighted by molar-refractivity contribution is 0.0963. The maximum absolute atomic E-state index is 11.6. The number of rotatable bonds is 3. The zero-order chi connectivity index (χ0) is 12.3. The average Bonchev–Trinajstić information content (AvgIpc) is 2.83. The average molecular weight is 253 g/mol. The van der Waals surface area contributed by atoms with Crippen LogP contribution in [-0.4, -0.2) is 19.0 Å². The molecule has 4 heteroatoms. The van der Waals surface area contributed by atoms with Crippen LogP contribution < -0.4 is 10.6 Å². The van der Waals surface area contributed by atoms with Crippen LogP contribution in [0.15, 0.2) is 18.2 Å². The summed E-state index contributed by atoms with van der Waals surface area (Å²) in [6, 6.07) is 6.05. The van der Waals surface area contributed by atoms with E-state index in [9.17, 15) is 4.79 Å². The molecule has 0 radical (unpaired) electrons. The first kappa shape index (κ1) is 12.2. The Morgan fingerprint density at radius 3 is 2.71 bits per heavy atom. The molecule has 1 amide bonds. The summed E-state index contributed by atoms with van der Waals surface area (Å²) in [4.78, 5) is 11.6. The van der Waals surface area contributed by atoms with Crippen LogP contribution in [0.2, 0.25) is 5.02 Å². The van der Waals surface area contributed by atoms with E-state index in [1.165, 1.54) is 25.7 Å². The first-order valence-electron chi connectivity index (χ1n) is 5.99. The molecule has 1 aromatic carbocycles. The number of amides is 1. The number of hydrogen-bond donors (Lipinski definition) is 2. The summed E-state index contributed by atoms with van der Waals surface area (Å²) in [6.07, 6.45) is 4.98. The van der Waals surface area contributed by atoms with Crippen molar-refractivity contribution in [2.24, 2.45) is 0 Å². The van der Waals surface area contributed by atoms with Crippen molar-refractivity contribution in [2.45, 2.75) is 31.7 Å². The smallest absolute Gasteiger partial charge is 0.252 e. The number of hydrogen-bond acceptors (Lipinski definition) is 2. The fraction of sp³-hybridized carbons (Fsp3) is 0.462. The summed E-state index contributed by atoms with van der Waals surface area (Å²) in [5.74, 6) is -0.148. The van der Waals surface area contributed by atoms with Gasteiger partial charge >= 0.3 is 0 Å².